The summed E-state index contributed by atoms with van der Waals surface area (Å²) in [5.74, 6) is 0.115. The van der Waals surface area contributed by atoms with Crippen LogP contribution < -0.4 is 5.73 Å². The number of carbonyl (C=O) groups excluding carboxylic acids is 1. The average Bonchev–Trinajstić information content (AvgIpc) is 2.47. The number of likely N-dealkylation sites (N-methyl/N-ethyl adjacent to an activating group) is 1. The summed E-state index contributed by atoms with van der Waals surface area (Å²) in [6.45, 7) is 11.1. The van der Waals surface area contributed by atoms with E-state index >= 15 is 0 Å². The largest absolute Gasteiger partial charge is 0.337 e. The first-order valence-electron chi connectivity index (χ1n) is 7.02. The van der Waals surface area contributed by atoms with Gasteiger partial charge in [-0.05, 0) is 31.8 Å². The molecule has 0 aromatic carbocycles. The molecule has 18 heavy (non-hydrogen) atoms. The molecule has 0 saturated carbocycles. The van der Waals surface area contributed by atoms with Crippen LogP contribution in [0.25, 0.3) is 0 Å². The van der Waals surface area contributed by atoms with E-state index in [0.29, 0.717) is 6.04 Å². The molecule has 4 heteroatoms. The lowest BCUT2D eigenvalue weighted by Gasteiger charge is -2.36. The third-order valence-electron chi connectivity index (χ3n) is 3.86. The van der Waals surface area contributed by atoms with Gasteiger partial charge in [0, 0.05) is 19.1 Å². The van der Waals surface area contributed by atoms with Crippen LogP contribution in [0.5, 0.6) is 0 Å². The van der Waals surface area contributed by atoms with Gasteiger partial charge < -0.3 is 15.5 Å². The molecular formula is C14H29N3O. The molecule has 1 amide bonds. The fourth-order valence-corrected chi connectivity index (χ4v) is 2.43. The Hall–Kier alpha value is -0.610. The average molecular weight is 255 g/mol. The van der Waals surface area contributed by atoms with Gasteiger partial charge in [0.2, 0.25) is 5.91 Å². The van der Waals surface area contributed by atoms with Crippen molar-refractivity contribution in [3.05, 3.63) is 0 Å². The van der Waals surface area contributed by atoms with E-state index in [4.69, 9.17) is 5.73 Å². The summed E-state index contributed by atoms with van der Waals surface area (Å²) in [6, 6.07) is -0.103. The van der Waals surface area contributed by atoms with Gasteiger partial charge in [0.05, 0.1) is 6.04 Å². The Morgan fingerprint density at radius 2 is 2.00 bits per heavy atom. The van der Waals surface area contributed by atoms with E-state index in [1.165, 1.54) is 0 Å². The zero-order valence-corrected chi connectivity index (χ0v) is 12.6. The summed E-state index contributed by atoms with van der Waals surface area (Å²) in [5, 5.41) is 0. The van der Waals surface area contributed by atoms with E-state index in [0.717, 1.165) is 32.5 Å². The van der Waals surface area contributed by atoms with Gasteiger partial charge in [-0.3, -0.25) is 4.79 Å². The molecule has 0 spiro atoms. The number of nitrogens with two attached hydrogens (primary N) is 1. The van der Waals surface area contributed by atoms with Crippen LogP contribution in [0.2, 0.25) is 0 Å². The summed E-state index contributed by atoms with van der Waals surface area (Å²) >= 11 is 0. The van der Waals surface area contributed by atoms with E-state index in [9.17, 15) is 4.79 Å². The molecule has 1 fully saturated rings. The number of nitrogens with zero attached hydrogens (tertiary/aromatic N) is 2. The zero-order chi connectivity index (χ0) is 13.9. The minimum atomic E-state index is -0.407. The lowest BCUT2D eigenvalue weighted by Crippen LogP contribution is -2.54. The molecule has 0 aliphatic carbocycles. The normalized spacial score (nSPS) is 24.8. The number of hydrogen-bond donors (Lipinski definition) is 1. The molecule has 1 aliphatic rings. The number of hydrogen-bond acceptors (Lipinski definition) is 3. The van der Waals surface area contributed by atoms with E-state index in [1.54, 1.807) is 0 Å². The lowest BCUT2D eigenvalue weighted by atomic mass is 9.86. The van der Waals surface area contributed by atoms with Crippen LogP contribution in [0.4, 0.5) is 0 Å². The smallest absolute Gasteiger partial charge is 0.240 e. The van der Waals surface area contributed by atoms with Crippen LogP contribution in [0.1, 0.15) is 40.5 Å². The quantitative estimate of drug-likeness (QED) is 0.809. The first kappa shape index (κ1) is 15.4. The third kappa shape index (κ3) is 3.69. The van der Waals surface area contributed by atoms with E-state index < -0.39 is 6.04 Å². The van der Waals surface area contributed by atoms with Crippen molar-refractivity contribution >= 4 is 5.91 Å². The van der Waals surface area contributed by atoms with Gasteiger partial charge in [0.1, 0.15) is 0 Å². The Morgan fingerprint density at radius 1 is 1.39 bits per heavy atom. The van der Waals surface area contributed by atoms with Crippen LogP contribution in [-0.4, -0.2) is 54.5 Å². The van der Waals surface area contributed by atoms with Crippen molar-refractivity contribution in [3.63, 3.8) is 0 Å². The summed E-state index contributed by atoms with van der Waals surface area (Å²) in [6.07, 6.45) is 2.03. The Kier molecular flexibility index (Phi) is 5.17. The summed E-state index contributed by atoms with van der Waals surface area (Å²) in [4.78, 5) is 16.9. The van der Waals surface area contributed by atoms with Crippen molar-refractivity contribution in [3.8, 4) is 0 Å². The lowest BCUT2D eigenvalue weighted by molar-refractivity contribution is -0.137. The van der Waals surface area contributed by atoms with Crippen LogP contribution in [0.15, 0.2) is 0 Å². The molecule has 0 radical (unpaired) electrons. The first-order valence-corrected chi connectivity index (χ1v) is 7.02. The standard InChI is InChI=1S/C14H29N3O/c1-6-11-10-16(5)8-7-9-17(11)13(18)12(15)14(2,3)4/h11-12H,6-10,15H2,1-5H3/t11?,12-/m1/s1. The van der Waals surface area contributed by atoms with E-state index in [-0.39, 0.29) is 11.3 Å². The maximum Gasteiger partial charge on any atom is 0.240 e. The predicted molar refractivity (Wildman–Crippen MR) is 75.3 cm³/mol. The van der Waals surface area contributed by atoms with Crippen LogP contribution in [0.3, 0.4) is 0 Å². The Morgan fingerprint density at radius 3 is 2.50 bits per heavy atom. The van der Waals surface area contributed by atoms with Crippen molar-refractivity contribution < 1.29 is 4.79 Å². The molecule has 2 atom stereocenters. The Bertz CT molecular complexity index is 285. The molecular weight excluding hydrogens is 226 g/mol. The van der Waals surface area contributed by atoms with Gasteiger partial charge in [-0.25, -0.2) is 0 Å². The molecule has 4 nitrogen and oxygen atoms in total. The number of carbonyl (C=O) groups is 1. The van der Waals surface area contributed by atoms with Gasteiger partial charge in [-0.15, -0.1) is 0 Å². The zero-order valence-electron chi connectivity index (χ0n) is 12.6. The van der Waals surface area contributed by atoms with Crippen molar-refractivity contribution in [2.24, 2.45) is 11.1 Å². The van der Waals surface area contributed by atoms with Gasteiger partial charge in [0.25, 0.3) is 0 Å². The summed E-state index contributed by atoms with van der Waals surface area (Å²) < 4.78 is 0. The first-order chi connectivity index (χ1) is 8.27. The van der Waals surface area contributed by atoms with Crippen LogP contribution in [-0.2, 0) is 4.79 Å². The van der Waals surface area contributed by atoms with Gasteiger partial charge in [-0.2, -0.15) is 0 Å². The Balaban J connectivity index is 2.81. The highest BCUT2D eigenvalue weighted by molar-refractivity contribution is 5.82. The highest BCUT2D eigenvalue weighted by Gasteiger charge is 2.34. The van der Waals surface area contributed by atoms with Crippen molar-refractivity contribution in [2.45, 2.75) is 52.6 Å². The second kappa shape index (κ2) is 6.02. The molecule has 1 heterocycles. The van der Waals surface area contributed by atoms with Crippen molar-refractivity contribution in [1.82, 2.24) is 9.80 Å². The minimum Gasteiger partial charge on any atom is -0.337 e. The second-order valence-electron chi connectivity index (χ2n) is 6.55. The maximum absolute atomic E-state index is 12.6. The molecule has 106 valence electrons. The summed E-state index contributed by atoms with van der Waals surface area (Å²) in [5.41, 5.74) is 5.95. The third-order valence-corrected chi connectivity index (χ3v) is 3.86. The molecule has 1 rings (SSSR count). The monoisotopic (exact) mass is 255 g/mol. The predicted octanol–water partition coefficient (Wildman–Crippen LogP) is 1.30. The maximum atomic E-state index is 12.6. The summed E-state index contributed by atoms with van der Waals surface area (Å²) in [7, 11) is 2.13. The fraction of sp³-hybridized carbons (Fsp3) is 0.929. The van der Waals surface area contributed by atoms with Crippen LogP contribution >= 0.6 is 0 Å². The molecule has 0 aromatic heterocycles. The highest BCUT2D eigenvalue weighted by Crippen LogP contribution is 2.22. The molecule has 1 aliphatic heterocycles. The number of rotatable bonds is 2. The molecule has 2 N–H and O–H groups in total. The van der Waals surface area contributed by atoms with Gasteiger partial charge in [0.15, 0.2) is 0 Å². The SMILES string of the molecule is CCC1CN(C)CCCN1C(=O)[C@@H](N)C(C)(C)C. The second-order valence-corrected chi connectivity index (χ2v) is 6.55. The molecule has 1 unspecified atom stereocenters. The highest BCUT2D eigenvalue weighted by atomic mass is 16.2. The minimum absolute atomic E-state index is 0.115. The topological polar surface area (TPSA) is 49.6 Å². The fourth-order valence-electron chi connectivity index (χ4n) is 2.43. The van der Waals surface area contributed by atoms with Crippen LogP contribution in [0, 0.1) is 5.41 Å². The Labute approximate surface area is 111 Å². The van der Waals surface area contributed by atoms with Crippen molar-refractivity contribution in [2.75, 3.05) is 26.7 Å². The van der Waals surface area contributed by atoms with E-state index in [1.807, 2.05) is 25.7 Å². The van der Waals surface area contributed by atoms with E-state index in [2.05, 4.69) is 18.9 Å². The van der Waals surface area contributed by atoms with Gasteiger partial charge >= 0.3 is 0 Å². The van der Waals surface area contributed by atoms with Gasteiger partial charge in [-0.1, -0.05) is 27.7 Å². The molecule has 0 aromatic rings. The molecule has 1 saturated heterocycles. The number of amides is 1. The molecule has 0 bridgehead atoms. The van der Waals surface area contributed by atoms with Crippen molar-refractivity contribution in [1.29, 1.82) is 0 Å².